The van der Waals surface area contributed by atoms with Crippen LogP contribution >= 0.6 is 0 Å². The van der Waals surface area contributed by atoms with Gasteiger partial charge in [-0.05, 0) is 0 Å². The van der Waals surface area contributed by atoms with Crippen LogP contribution in [0.25, 0.3) is 0 Å². The molecular formula is C6H13NO7. The van der Waals surface area contributed by atoms with Crippen molar-refractivity contribution in [3.05, 3.63) is 0 Å². The van der Waals surface area contributed by atoms with Gasteiger partial charge < -0.3 is 36.4 Å². The first kappa shape index (κ1) is 13.2. The molecule has 0 radical (unpaired) electrons. The van der Waals surface area contributed by atoms with E-state index in [0.29, 0.717) is 0 Å². The summed E-state index contributed by atoms with van der Waals surface area (Å²) in [6.45, 7) is 0. The van der Waals surface area contributed by atoms with Gasteiger partial charge in [0, 0.05) is 0 Å². The van der Waals surface area contributed by atoms with E-state index in [2.05, 4.69) is 4.74 Å². The molecular weight excluding hydrogens is 198 g/mol. The topological polar surface area (TPSA) is 162 Å². The predicted octanol–water partition coefficient (Wildman–Crippen LogP) is -2.97. The second-order valence-corrected chi connectivity index (χ2v) is 2.76. The van der Waals surface area contributed by atoms with E-state index in [4.69, 9.17) is 25.5 Å². The Labute approximate surface area is 78.9 Å². The molecule has 1 saturated heterocycles. The van der Waals surface area contributed by atoms with Crippen molar-refractivity contribution in [2.75, 3.05) is 0 Å². The van der Waals surface area contributed by atoms with Crippen LogP contribution in [-0.2, 0) is 9.53 Å². The molecule has 1 heterocycles. The summed E-state index contributed by atoms with van der Waals surface area (Å²) in [6, 6.07) is 0. The highest BCUT2D eigenvalue weighted by atomic mass is 16.6. The summed E-state index contributed by atoms with van der Waals surface area (Å²) in [4.78, 5) is 10.4. The minimum absolute atomic E-state index is 0. The Bertz CT molecular complexity index is 210. The van der Waals surface area contributed by atoms with Crippen LogP contribution in [0, 0.1) is 0 Å². The van der Waals surface area contributed by atoms with Crippen LogP contribution in [0.15, 0.2) is 0 Å². The molecule has 0 aliphatic carbocycles. The van der Waals surface area contributed by atoms with Gasteiger partial charge in [-0.1, -0.05) is 0 Å². The average Bonchev–Trinajstić information content (AvgIpc) is 2.07. The van der Waals surface area contributed by atoms with Gasteiger partial charge in [0.15, 0.2) is 12.4 Å². The molecule has 1 aliphatic rings. The zero-order valence-electron chi connectivity index (χ0n) is 7.15. The van der Waals surface area contributed by atoms with Crippen LogP contribution < -0.4 is 6.15 Å². The summed E-state index contributed by atoms with van der Waals surface area (Å²) in [5.74, 6) is -1.52. The summed E-state index contributed by atoms with van der Waals surface area (Å²) >= 11 is 0. The second kappa shape index (κ2) is 4.64. The van der Waals surface area contributed by atoms with Crippen molar-refractivity contribution in [1.29, 1.82) is 0 Å². The number of hydrogen-bond donors (Lipinski definition) is 6. The largest absolute Gasteiger partial charge is 0.479 e. The predicted molar refractivity (Wildman–Crippen MR) is 41.6 cm³/mol. The molecule has 8 heteroatoms. The number of aliphatic carboxylic acids is 1. The van der Waals surface area contributed by atoms with Crippen molar-refractivity contribution in [2.45, 2.75) is 30.7 Å². The third-order valence-corrected chi connectivity index (χ3v) is 1.83. The van der Waals surface area contributed by atoms with Crippen molar-refractivity contribution < 1.29 is 35.1 Å². The van der Waals surface area contributed by atoms with E-state index in [1.807, 2.05) is 0 Å². The maximum Gasteiger partial charge on any atom is 0.335 e. The smallest absolute Gasteiger partial charge is 0.335 e. The fraction of sp³-hybridized carbons (Fsp3) is 0.833. The first-order valence-corrected chi connectivity index (χ1v) is 3.55. The Morgan fingerprint density at radius 3 is 1.93 bits per heavy atom. The second-order valence-electron chi connectivity index (χ2n) is 2.76. The Balaban J connectivity index is 0.00000169. The quantitative estimate of drug-likeness (QED) is 0.268. The first-order chi connectivity index (χ1) is 5.95. The van der Waals surface area contributed by atoms with E-state index in [1.165, 1.54) is 0 Å². The number of ether oxygens (including phenoxy) is 1. The monoisotopic (exact) mass is 211 g/mol. The van der Waals surface area contributed by atoms with Crippen molar-refractivity contribution in [3.8, 4) is 0 Å². The molecule has 1 rings (SSSR count). The van der Waals surface area contributed by atoms with Gasteiger partial charge >= 0.3 is 5.97 Å². The number of carboxylic acids is 1. The summed E-state index contributed by atoms with van der Waals surface area (Å²) in [7, 11) is 0. The zero-order valence-corrected chi connectivity index (χ0v) is 7.15. The molecule has 14 heavy (non-hydrogen) atoms. The molecule has 84 valence electrons. The van der Waals surface area contributed by atoms with Crippen LogP contribution in [0.5, 0.6) is 0 Å². The maximum absolute atomic E-state index is 10.4. The Morgan fingerprint density at radius 2 is 1.50 bits per heavy atom. The molecule has 5 atom stereocenters. The third kappa shape index (κ3) is 2.18. The number of aliphatic hydroxyl groups excluding tert-OH is 4. The highest BCUT2D eigenvalue weighted by Crippen LogP contribution is 2.19. The van der Waals surface area contributed by atoms with Gasteiger partial charge in [0.2, 0.25) is 0 Å². The van der Waals surface area contributed by atoms with E-state index < -0.39 is 36.7 Å². The Morgan fingerprint density at radius 1 is 1.00 bits per heavy atom. The van der Waals surface area contributed by atoms with Gasteiger partial charge in [-0.25, -0.2) is 4.79 Å². The molecule has 0 saturated carbocycles. The number of aliphatic hydroxyl groups is 4. The standard InChI is InChI=1S/C6H10O7.H3N/c7-1-2(8)4(5(10)11)13-6(12)3(1)9;/h1-4,6-9,12H,(H,10,11);1H3/t1-,2-,3+,4-,6+;/m0./s1. The SMILES string of the molecule is N.O=C(O)[C@H]1O[C@@H](O)[C@H](O)[C@@H](O)[C@@H]1O. The molecule has 0 bridgehead atoms. The third-order valence-electron chi connectivity index (χ3n) is 1.83. The fourth-order valence-corrected chi connectivity index (χ4v) is 1.07. The summed E-state index contributed by atoms with van der Waals surface area (Å²) in [5, 5.41) is 44.4. The lowest BCUT2D eigenvalue weighted by Gasteiger charge is -2.36. The molecule has 8 N–H and O–H groups in total. The lowest BCUT2D eigenvalue weighted by atomic mass is 9.99. The lowest BCUT2D eigenvalue weighted by molar-refractivity contribution is -0.279. The molecule has 0 amide bonds. The minimum atomic E-state index is -1.81. The van der Waals surface area contributed by atoms with Crippen molar-refractivity contribution in [3.63, 3.8) is 0 Å². The van der Waals surface area contributed by atoms with Crippen molar-refractivity contribution >= 4 is 5.97 Å². The maximum atomic E-state index is 10.4. The van der Waals surface area contributed by atoms with Crippen LogP contribution in [0.2, 0.25) is 0 Å². The van der Waals surface area contributed by atoms with Crippen molar-refractivity contribution in [1.82, 2.24) is 6.15 Å². The van der Waals surface area contributed by atoms with E-state index in [1.54, 1.807) is 0 Å². The summed E-state index contributed by atoms with van der Waals surface area (Å²) < 4.78 is 4.34. The van der Waals surface area contributed by atoms with E-state index in [9.17, 15) is 4.79 Å². The van der Waals surface area contributed by atoms with E-state index >= 15 is 0 Å². The molecule has 0 unspecified atom stereocenters. The first-order valence-electron chi connectivity index (χ1n) is 3.55. The van der Waals surface area contributed by atoms with Gasteiger partial charge in [-0.3, -0.25) is 0 Å². The highest BCUT2D eigenvalue weighted by Gasteiger charge is 2.46. The molecule has 8 nitrogen and oxygen atoms in total. The van der Waals surface area contributed by atoms with Crippen LogP contribution in [0.3, 0.4) is 0 Å². The summed E-state index contributed by atoms with van der Waals surface area (Å²) in [5.41, 5.74) is 0. The highest BCUT2D eigenvalue weighted by molar-refractivity contribution is 5.73. The minimum Gasteiger partial charge on any atom is -0.479 e. The summed E-state index contributed by atoms with van der Waals surface area (Å²) in [6.07, 6.45) is -8.72. The number of rotatable bonds is 1. The van der Waals surface area contributed by atoms with Gasteiger partial charge in [-0.2, -0.15) is 0 Å². The fourth-order valence-electron chi connectivity index (χ4n) is 1.07. The molecule has 0 aromatic rings. The number of carbonyl (C=O) groups is 1. The molecule has 0 spiro atoms. The Kier molecular flexibility index (Phi) is 4.39. The Hall–Kier alpha value is -0.770. The number of carboxylic acid groups (broad SMARTS) is 1. The molecule has 1 aliphatic heterocycles. The average molecular weight is 211 g/mol. The van der Waals surface area contributed by atoms with Gasteiger partial charge in [0.25, 0.3) is 0 Å². The van der Waals surface area contributed by atoms with Gasteiger partial charge in [-0.15, -0.1) is 0 Å². The van der Waals surface area contributed by atoms with Gasteiger partial charge in [0.1, 0.15) is 18.3 Å². The van der Waals surface area contributed by atoms with Gasteiger partial charge in [0.05, 0.1) is 0 Å². The normalized spacial score (nSPS) is 42.7. The molecule has 1 fully saturated rings. The lowest BCUT2D eigenvalue weighted by Crippen LogP contribution is -2.59. The van der Waals surface area contributed by atoms with E-state index in [-0.39, 0.29) is 6.15 Å². The van der Waals surface area contributed by atoms with Crippen molar-refractivity contribution in [2.24, 2.45) is 0 Å². The molecule has 0 aromatic carbocycles. The molecule has 0 aromatic heterocycles. The van der Waals surface area contributed by atoms with Crippen LogP contribution in [0.4, 0.5) is 0 Å². The van der Waals surface area contributed by atoms with E-state index in [0.717, 1.165) is 0 Å². The number of hydrogen-bond acceptors (Lipinski definition) is 7. The van der Waals surface area contributed by atoms with Crippen LogP contribution in [0.1, 0.15) is 0 Å². The zero-order chi connectivity index (χ0) is 10.2. The van der Waals surface area contributed by atoms with Crippen LogP contribution in [-0.4, -0.2) is 62.2 Å².